The first-order valence-corrected chi connectivity index (χ1v) is 8.10. The standard InChI is InChI=1S/C18H18FN3O3/c19-13-5-3-12(4-6-13)18(7-1-2-8-18)11-22-16(23)14-9-21-15(10-20-14)17(24)25/h3-6,9-10H,1-2,7-8,11H2,(H,22,23)(H,24,25). The second kappa shape index (κ2) is 6.96. The molecule has 6 nitrogen and oxygen atoms in total. The Balaban J connectivity index is 1.72. The van der Waals surface area contributed by atoms with E-state index in [0.717, 1.165) is 43.6 Å². The fourth-order valence-electron chi connectivity index (χ4n) is 3.32. The number of aromatic carboxylic acids is 1. The minimum atomic E-state index is -1.19. The zero-order chi connectivity index (χ0) is 17.9. The van der Waals surface area contributed by atoms with E-state index >= 15 is 0 Å². The van der Waals surface area contributed by atoms with Gasteiger partial charge >= 0.3 is 5.97 Å². The van der Waals surface area contributed by atoms with Gasteiger partial charge in [0.25, 0.3) is 5.91 Å². The number of aromatic nitrogens is 2. The minimum absolute atomic E-state index is 0.0669. The first-order valence-electron chi connectivity index (χ1n) is 8.10. The van der Waals surface area contributed by atoms with Crippen LogP contribution in [-0.4, -0.2) is 33.5 Å². The SMILES string of the molecule is O=C(O)c1cnc(C(=O)NCC2(c3ccc(F)cc3)CCCC2)cn1. The van der Waals surface area contributed by atoms with E-state index in [0.29, 0.717) is 6.54 Å². The van der Waals surface area contributed by atoms with Crippen LogP contribution in [0.25, 0.3) is 0 Å². The normalized spacial score (nSPS) is 15.7. The maximum Gasteiger partial charge on any atom is 0.356 e. The summed E-state index contributed by atoms with van der Waals surface area (Å²) in [6, 6.07) is 6.42. The zero-order valence-electron chi connectivity index (χ0n) is 13.5. The second-order valence-corrected chi connectivity index (χ2v) is 6.27. The Hall–Kier alpha value is -2.83. The molecule has 7 heteroatoms. The van der Waals surface area contributed by atoms with Crippen LogP contribution >= 0.6 is 0 Å². The largest absolute Gasteiger partial charge is 0.476 e. The molecule has 1 heterocycles. The molecule has 1 fully saturated rings. The third-order valence-corrected chi connectivity index (χ3v) is 4.71. The lowest BCUT2D eigenvalue weighted by molar-refractivity contribution is 0.0689. The molecule has 0 radical (unpaired) electrons. The van der Waals surface area contributed by atoms with Crippen molar-refractivity contribution < 1.29 is 19.1 Å². The fourth-order valence-corrected chi connectivity index (χ4v) is 3.32. The summed E-state index contributed by atoms with van der Waals surface area (Å²) in [6.07, 6.45) is 6.16. The molecule has 130 valence electrons. The summed E-state index contributed by atoms with van der Waals surface area (Å²) in [6.45, 7) is 0.416. The van der Waals surface area contributed by atoms with Gasteiger partial charge in [-0.1, -0.05) is 25.0 Å². The minimum Gasteiger partial charge on any atom is -0.476 e. The highest BCUT2D eigenvalue weighted by Gasteiger charge is 2.36. The summed E-state index contributed by atoms with van der Waals surface area (Å²) in [5.41, 5.74) is 0.657. The van der Waals surface area contributed by atoms with Crippen LogP contribution in [0.3, 0.4) is 0 Å². The van der Waals surface area contributed by atoms with E-state index in [1.807, 2.05) is 0 Å². The predicted octanol–water partition coefficient (Wildman–Crippen LogP) is 2.56. The van der Waals surface area contributed by atoms with Crippen LogP contribution in [0.5, 0.6) is 0 Å². The third kappa shape index (κ3) is 3.65. The van der Waals surface area contributed by atoms with E-state index in [9.17, 15) is 14.0 Å². The molecular weight excluding hydrogens is 325 g/mol. The van der Waals surface area contributed by atoms with Crippen molar-refractivity contribution >= 4 is 11.9 Å². The summed E-state index contributed by atoms with van der Waals surface area (Å²) in [5.74, 6) is -1.88. The lowest BCUT2D eigenvalue weighted by Gasteiger charge is -2.30. The van der Waals surface area contributed by atoms with E-state index in [2.05, 4.69) is 15.3 Å². The van der Waals surface area contributed by atoms with Gasteiger partial charge in [-0.25, -0.2) is 19.2 Å². The Bertz CT molecular complexity index is 769. The maximum absolute atomic E-state index is 13.2. The first kappa shape index (κ1) is 17.0. The molecule has 2 N–H and O–H groups in total. The molecule has 1 aliphatic carbocycles. The van der Waals surface area contributed by atoms with Crippen LogP contribution in [0, 0.1) is 5.82 Å². The summed E-state index contributed by atoms with van der Waals surface area (Å²) >= 11 is 0. The van der Waals surface area contributed by atoms with Crippen LogP contribution in [0.1, 0.15) is 52.2 Å². The van der Waals surface area contributed by atoms with Crippen molar-refractivity contribution in [1.29, 1.82) is 0 Å². The molecule has 1 saturated carbocycles. The van der Waals surface area contributed by atoms with E-state index in [1.165, 1.54) is 12.1 Å². The summed E-state index contributed by atoms with van der Waals surface area (Å²) < 4.78 is 13.2. The average molecular weight is 343 g/mol. The van der Waals surface area contributed by atoms with Crippen molar-refractivity contribution in [3.8, 4) is 0 Å². The zero-order valence-corrected chi connectivity index (χ0v) is 13.5. The maximum atomic E-state index is 13.2. The Labute approximate surface area is 144 Å². The number of carboxylic acid groups (broad SMARTS) is 1. The van der Waals surface area contributed by atoms with Gasteiger partial charge in [0.1, 0.15) is 11.5 Å². The molecule has 1 aromatic carbocycles. The first-order chi connectivity index (χ1) is 12.0. The van der Waals surface area contributed by atoms with E-state index in [-0.39, 0.29) is 22.6 Å². The van der Waals surface area contributed by atoms with Gasteiger partial charge in [0.05, 0.1) is 12.4 Å². The highest BCUT2D eigenvalue weighted by Crippen LogP contribution is 2.40. The highest BCUT2D eigenvalue weighted by atomic mass is 19.1. The molecule has 0 saturated heterocycles. The summed E-state index contributed by atoms with van der Waals surface area (Å²) in [4.78, 5) is 30.6. The second-order valence-electron chi connectivity index (χ2n) is 6.27. The monoisotopic (exact) mass is 343 g/mol. The number of nitrogens with zero attached hydrogens (tertiary/aromatic N) is 2. The van der Waals surface area contributed by atoms with Gasteiger partial charge in [0, 0.05) is 12.0 Å². The average Bonchev–Trinajstić information content (AvgIpc) is 3.10. The lowest BCUT2D eigenvalue weighted by Crippen LogP contribution is -2.39. The van der Waals surface area contributed by atoms with Crippen molar-refractivity contribution in [3.05, 3.63) is 59.4 Å². The topological polar surface area (TPSA) is 92.2 Å². The predicted molar refractivity (Wildman–Crippen MR) is 87.9 cm³/mol. The molecular formula is C18H18FN3O3. The smallest absolute Gasteiger partial charge is 0.356 e. The summed E-state index contributed by atoms with van der Waals surface area (Å²) in [5, 5.41) is 11.7. The van der Waals surface area contributed by atoms with Gasteiger partial charge in [0.2, 0.25) is 0 Å². The number of hydrogen-bond acceptors (Lipinski definition) is 4. The Morgan fingerprint density at radius 2 is 1.68 bits per heavy atom. The van der Waals surface area contributed by atoms with E-state index in [1.54, 1.807) is 12.1 Å². The Kier molecular flexibility index (Phi) is 4.74. The molecule has 0 atom stereocenters. The van der Waals surface area contributed by atoms with Gasteiger partial charge in [-0.15, -0.1) is 0 Å². The Morgan fingerprint density at radius 3 is 2.24 bits per heavy atom. The van der Waals surface area contributed by atoms with Crippen molar-refractivity contribution in [1.82, 2.24) is 15.3 Å². The molecule has 1 aromatic heterocycles. The van der Waals surface area contributed by atoms with Crippen LogP contribution in [0.2, 0.25) is 0 Å². The van der Waals surface area contributed by atoms with Gasteiger partial charge in [-0.05, 0) is 30.5 Å². The number of hydrogen-bond donors (Lipinski definition) is 2. The highest BCUT2D eigenvalue weighted by molar-refractivity contribution is 5.92. The number of carboxylic acids is 1. The van der Waals surface area contributed by atoms with Crippen molar-refractivity contribution in [2.75, 3.05) is 6.54 Å². The van der Waals surface area contributed by atoms with Gasteiger partial charge in [-0.2, -0.15) is 0 Å². The number of benzene rings is 1. The molecule has 0 unspecified atom stereocenters. The van der Waals surface area contributed by atoms with Gasteiger partial charge in [-0.3, -0.25) is 4.79 Å². The summed E-state index contributed by atoms with van der Waals surface area (Å²) in [7, 11) is 0. The fraction of sp³-hybridized carbons (Fsp3) is 0.333. The molecule has 0 bridgehead atoms. The van der Waals surface area contributed by atoms with Gasteiger partial charge in [0.15, 0.2) is 5.69 Å². The quantitative estimate of drug-likeness (QED) is 0.870. The molecule has 2 aromatic rings. The number of rotatable bonds is 5. The van der Waals surface area contributed by atoms with Crippen molar-refractivity contribution in [2.45, 2.75) is 31.1 Å². The Morgan fingerprint density at radius 1 is 1.08 bits per heavy atom. The van der Waals surface area contributed by atoms with Crippen LogP contribution in [0.4, 0.5) is 4.39 Å². The number of carbonyl (C=O) groups is 2. The van der Waals surface area contributed by atoms with Gasteiger partial charge < -0.3 is 10.4 Å². The number of halogens is 1. The van der Waals surface area contributed by atoms with Crippen LogP contribution in [0.15, 0.2) is 36.7 Å². The van der Waals surface area contributed by atoms with Crippen LogP contribution in [-0.2, 0) is 5.41 Å². The molecule has 0 aliphatic heterocycles. The molecule has 25 heavy (non-hydrogen) atoms. The number of amides is 1. The van der Waals surface area contributed by atoms with E-state index in [4.69, 9.17) is 5.11 Å². The lowest BCUT2D eigenvalue weighted by atomic mass is 9.79. The molecule has 0 spiro atoms. The van der Waals surface area contributed by atoms with E-state index < -0.39 is 11.9 Å². The van der Waals surface area contributed by atoms with Crippen molar-refractivity contribution in [2.24, 2.45) is 0 Å². The number of carbonyl (C=O) groups excluding carboxylic acids is 1. The molecule has 3 rings (SSSR count). The van der Waals surface area contributed by atoms with Crippen LogP contribution < -0.4 is 5.32 Å². The third-order valence-electron chi connectivity index (χ3n) is 4.71. The number of nitrogens with one attached hydrogen (secondary N) is 1. The molecule has 1 aliphatic rings. The van der Waals surface area contributed by atoms with Crippen molar-refractivity contribution in [3.63, 3.8) is 0 Å². The molecule has 1 amide bonds.